The standard InChI is InChI=1S/C23H23BrN4O3S/c1-4-31-23(30)21-19(11-32-15-7-5-14(2)6-8-15)27(3)18-9-17(24)22(29)16(20(18)21)10-28-13-25-12-26-28/h5-9,12-13,29H,4,10-11H2,1-3H3. The molecule has 0 amide bonds. The Balaban J connectivity index is 1.88. The lowest BCUT2D eigenvalue weighted by Gasteiger charge is -2.11. The van der Waals surface area contributed by atoms with Gasteiger partial charge in [0.05, 0.1) is 28.7 Å². The maximum Gasteiger partial charge on any atom is 0.340 e. The molecule has 32 heavy (non-hydrogen) atoms. The van der Waals surface area contributed by atoms with E-state index >= 15 is 0 Å². The summed E-state index contributed by atoms with van der Waals surface area (Å²) >= 11 is 5.11. The molecule has 0 fully saturated rings. The van der Waals surface area contributed by atoms with Crippen LogP contribution in [0.15, 0.2) is 52.4 Å². The van der Waals surface area contributed by atoms with Crippen LogP contribution in [0.5, 0.6) is 5.75 Å². The van der Waals surface area contributed by atoms with Crippen LogP contribution in [0.2, 0.25) is 0 Å². The number of esters is 1. The molecule has 2 aromatic carbocycles. The summed E-state index contributed by atoms with van der Waals surface area (Å²) < 4.78 is 9.59. The van der Waals surface area contributed by atoms with Gasteiger partial charge in [-0.25, -0.2) is 14.5 Å². The summed E-state index contributed by atoms with van der Waals surface area (Å²) in [5, 5.41) is 15.7. The number of aryl methyl sites for hydroxylation is 2. The van der Waals surface area contributed by atoms with Crippen LogP contribution in [0.4, 0.5) is 0 Å². The smallest absolute Gasteiger partial charge is 0.340 e. The molecule has 0 aliphatic rings. The number of carbonyl (C=O) groups is 1. The van der Waals surface area contributed by atoms with E-state index in [-0.39, 0.29) is 18.9 Å². The average Bonchev–Trinajstić information content (AvgIpc) is 3.38. The fourth-order valence-corrected chi connectivity index (χ4v) is 5.11. The number of aromatic nitrogens is 4. The van der Waals surface area contributed by atoms with E-state index in [0.717, 1.165) is 16.1 Å². The number of ether oxygens (including phenoxy) is 1. The molecule has 0 unspecified atom stereocenters. The van der Waals surface area contributed by atoms with Crippen LogP contribution < -0.4 is 0 Å². The molecule has 9 heteroatoms. The lowest BCUT2D eigenvalue weighted by Crippen LogP contribution is -2.09. The number of aromatic hydroxyl groups is 1. The molecule has 0 saturated carbocycles. The molecule has 0 spiro atoms. The zero-order chi connectivity index (χ0) is 22.8. The molecule has 4 aromatic rings. The van der Waals surface area contributed by atoms with Gasteiger partial charge in [-0.1, -0.05) is 17.7 Å². The summed E-state index contributed by atoms with van der Waals surface area (Å²) in [7, 11) is 1.93. The highest BCUT2D eigenvalue weighted by Crippen LogP contribution is 2.40. The first kappa shape index (κ1) is 22.4. The second-order valence-corrected chi connectivity index (χ2v) is 9.28. The zero-order valence-electron chi connectivity index (χ0n) is 18.0. The van der Waals surface area contributed by atoms with Gasteiger partial charge < -0.3 is 14.4 Å². The largest absolute Gasteiger partial charge is 0.506 e. The Bertz CT molecular complexity index is 1270. The third-order valence-corrected chi connectivity index (χ3v) is 6.93. The van der Waals surface area contributed by atoms with Crippen molar-refractivity contribution in [3.05, 3.63) is 69.8 Å². The number of phenols is 1. The first-order valence-electron chi connectivity index (χ1n) is 10.1. The first-order valence-corrected chi connectivity index (χ1v) is 11.9. The van der Waals surface area contributed by atoms with Gasteiger partial charge in [0.25, 0.3) is 0 Å². The Labute approximate surface area is 198 Å². The molecule has 7 nitrogen and oxygen atoms in total. The SMILES string of the molecule is CCOC(=O)c1c(CSc2ccc(C)cc2)n(C)c2cc(Br)c(O)c(Cn3cncn3)c12. The predicted octanol–water partition coefficient (Wildman–Crippen LogP) is 5.06. The van der Waals surface area contributed by atoms with Gasteiger partial charge in [0.2, 0.25) is 0 Å². The summed E-state index contributed by atoms with van der Waals surface area (Å²) in [5.41, 5.74) is 3.92. The number of carbonyl (C=O) groups excluding carboxylic acids is 1. The van der Waals surface area contributed by atoms with Crippen molar-refractivity contribution in [2.24, 2.45) is 7.05 Å². The van der Waals surface area contributed by atoms with Crippen LogP contribution >= 0.6 is 27.7 Å². The number of halogens is 1. The van der Waals surface area contributed by atoms with Crippen molar-refractivity contribution >= 4 is 44.6 Å². The molecule has 0 bridgehead atoms. The summed E-state index contributed by atoms with van der Waals surface area (Å²) in [6, 6.07) is 10.1. The van der Waals surface area contributed by atoms with Gasteiger partial charge in [-0.2, -0.15) is 5.10 Å². The normalized spacial score (nSPS) is 11.2. The van der Waals surface area contributed by atoms with Gasteiger partial charge in [-0.3, -0.25) is 0 Å². The quantitative estimate of drug-likeness (QED) is 0.274. The highest BCUT2D eigenvalue weighted by atomic mass is 79.9. The van der Waals surface area contributed by atoms with Crippen LogP contribution in [0.25, 0.3) is 10.9 Å². The van der Waals surface area contributed by atoms with E-state index in [1.165, 1.54) is 11.9 Å². The van der Waals surface area contributed by atoms with Gasteiger partial charge in [0, 0.05) is 34.3 Å². The molecule has 4 rings (SSSR count). The number of benzene rings is 2. The van der Waals surface area contributed by atoms with Crippen molar-refractivity contribution in [2.75, 3.05) is 6.61 Å². The monoisotopic (exact) mass is 514 g/mol. The second kappa shape index (κ2) is 9.38. The molecule has 1 N–H and O–H groups in total. The number of fused-ring (bicyclic) bond motifs is 1. The number of phenolic OH excluding ortho intramolecular Hbond substituents is 1. The van der Waals surface area contributed by atoms with Gasteiger partial charge >= 0.3 is 5.97 Å². The van der Waals surface area contributed by atoms with Crippen LogP contribution in [-0.4, -0.2) is 37.0 Å². The second-order valence-electron chi connectivity index (χ2n) is 7.38. The van der Waals surface area contributed by atoms with E-state index < -0.39 is 5.97 Å². The van der Waals surface area contributed by atoms with Crippen LogP contribution in [0, 0.1) is 6.92 Å². The Hall–Kier alpha value is -2.78. The maximum atomic E-state index is 13.1. The van der Waals surface area contributed by atoms with Crippen LogP contribution in [-0.2, 0) is 24.1 Å². The molecule has 0 aliphatic carbocycles. The van der Waals surface area contributed by atoms with E-state index in [1.54, 1.807) is 29.7 Å². The first-order chi connectivity index (χ1) is 15.4. The van der Waals surface area contributed by atoms with E-state index in [4.69, 9.17) is 4.74 Å². The molecule has 2 heterocycles. The predicted molar refractivity (Wildman–Crippen MR) is 128 cm³/mol. The topological polar surface area (TPSA) is 82.2 Å². The van der Waals surface area contributed by atoms with E-state index in [9.17, 15) is 9.90 Å². The average molecular weight is 515 g/mol. The Kier molecular flexibility index (Phi) is 6.57. The summed E-state index contributed by atoms with van der Waals surface area (Å²) in [4.78, 5) is 18.2. The summed E-state index contributed by atoms with van der Waals surface area (Å²) in [5.74, 6) is 0.241. The Morgan fingerprint density at radius 3 is 2.69 bits per heavy atom. The maximum absolute atomic E-state index is 13.1. The Morgan fingerprint density at radius 1 is 1.28 bits per heavy atom. The number of hydrogen-bond acceptors (Lipinski definition) is 6. The zero-order valence-corrected chi connectivity index (χ0v) is 20.4. The molecular weight excluding hydrogens is 492 g/mol. The molecular formula is C23H23BrN4O3S. The van der Waals surface area contributed by atoms with Gasteiger partial charge in [0.15, 0.2) is 0 Å². The number of nitrogens with zero attached hydrogens (tertiary/aromatic N) is 4. The van der Waals surface area contributed by atoms with Crippen molar-refractivity contribution in [1.29, 1.82) is 0 Å². The molecule has 0 aliphatic heterocycles. The minimum atomic E-state index is -0.404. The molecule has 0 saturated heterocycles. The van der Waals surface area contributed by atoms with E-state index in [0.29, 0.717) is 26.7 Å². The summed E-state index contributed by atoms with van der Waals surface area (Å²) in [6.45, 7) is 4.37. The fourth-order valence-electron chi connectivity index (χ4n) is 3.69. The lowest BCUT2D eigenvalue weighted by molar-refractivity contribution is 0.0527. The van der Waals surface area contributed by atoms with Crippen molar-refractivity contribution in [3.8, 4) is 5.75 Å². The van der Waals surface area contributed by atoms with Gasteiger partial charge in [-0.05, 0) is 48.0 Å². The van der Waals surface area contributed by atoms with Crippen LogP contribution in [0.1, 0.15) is 34.1 Å². The highest BCUT2D eigenvalue weighted by Gasteiger charge is 2.27. The number of rotatable bonds is 7. The fraction of sp³-hybridized carbons (Fsp3) is 0.261. The highest BCUT2D eigenvalue weighted by molar-refractivity contribution is 9.10. The minimum absolute atomic E-state index is 0.0712. The molecule has 2 aromatic heterocycles. The van der Waals surface area contributed by atoms with Crippen LogP contribution in [0.3, 0.4) is 0 Å². The third kappa shape index (κ3) is 4.27. The summed E-state index contributed by atoms with van der Waals surface area (Å²) in [6.07, 6.45) is 3.01. The lowest BCUT2D eigenvalue weighted by atomic mass is 10.0. The Morgan fingerprint density at radius 2 is 2.03 bits per heavy atom. The van der Waals surface area contributed by atoms with Crippen molar-refractivity contribution < 1.29 is 14.6 Å². The van der Waals surface area contributed by atoms with Crippen molar-refractivity contribution in [1.82, 2.24) is 19.3 Å². The number of thioether (sulfide) groups is 1. The third-order valence-electron chi connectivity index (χ3n) is 5.30. The molecule has 166 valence electrons. The molecule has 0 radical (unpaired) electrons. The molecule has 0 atom stereocenters. The number of hydrogen-bond donors (Lipinski definition) is 1. The minimum Gasteiger partial charge on any atom is -0.506 e. The van der Waals surface area contributed by atoms with E-state index in [2.05, 4.69) is 57.2 Å². The van der Waals surface area contributed by atoms with E-state index in [1.807, 2.05) is 17.7 Å². The van der Waals surface area contributed by atoms with Crippen molar-refractivity contribution in [3.63, 3.8) is 0 Å². The van der Waals surface area contributed by atoms with Gasteiger partial charge in [0.1, 0.15) is 18.4 Å². The van der Waals surface area contributed by atoms with Gasteiger partial charge in [-0.15, -0.1) is 11.8 Å². The van der Waals surface area contributed by atoms with Crippen molar-refractivity contribution in [2.45, 2.75) is 31.0 Å².